The first-order valence-electron chi connectivity index (χ1n) is 9.37. The molecule has 1 aliphatic rings. The molecule has 0 amide bonds. The maximum Gasteiger partial charge on any atom is 0.0369 e. The maximum absolute atomic E-state index is 3.57. The number of nitrogens with one attached hydrogen (secondary N) is 1. The Morgan fingerprint density at radius 1 is 0.958 bits per heavy atom. The number of piperidine rings is 1. The van der Waals surface area contributed by atoms with Gasteiger partial charge in [0.25, 0.3) is 0 Å². The van der Waals surface area contributed by atoms with Crippen molar-refractivity contribution in [1.29, 1.82) is 0 Å². The molecule has 0 aliphatic carbocycles. The summed E-state index contributed by atoms with van der Waals surface area (Å²) in [4.78, 5) is 2.64. The zero-order valence-electron chi connectivity index (χ0n) is 14.9. The van der Waals surface area contributed by atoms with E-state index in [0.717, 1.165) is 12.5 Å². The summed E-state index contributed by atoms with van der Waals surface area (Å²) >= 11 is 0. The Balaban J connectivity index is 1.32. The number of rotatable bonds is 7. The molecular weight excluding hydrogens is 292 g/mol. The van der Waals surface area contributed by atoms with Crippen molar-refractivity contribution < 1.29 is 0 Å². The SMILES string of the molecule is Cc1ccccc1NCCCN1CCC(Cc2ccccc2)CC1. The van der Waals surface area contributed by atoms with E-state index in [1.165, 1.54) is 62.1 Å². The van der Waals surface area contributed by atoms with Crippen molar-refractivity contribution in [2.24, 2.45) is 5.92 Å². The first-order chi connectivity index (χ1) is 11.8. The van der Waals surface area contributed by atoms with Gasteiger partial charge in [-0.3, -0.25) is 0 Å². The molecule has 0 radical (unpaired) electrons. The number of para-hydroxylation sites is 1. The molecule has 2 aromatic rings. The van der Waals surface area contributed by atoms with Gasteiger partial charge in [0.2, 0.25) is 0 Å². The van der Waals surface area contributed by atoms with Gasteiger partial charge in [-0.15, -0.1) is 0 Å². The van der Waals surface area contributed by atoms with E-state index in [2.05, 4.69) is 71.7 Å². The highest BCUT2D eigenvalue weighted by atomic mass is 15.1. The molecule has 3 rings (SSSR count). The van der Waals surface area contributed by atoms with Crippen LogP contribution in [0.5, 0.6) is 0 Å². The summed E-state index contributed by atoms with van der Waals surface area (Å²) < 4.78 is 0. The minimum absolute atomic E-state index is 0.869. The lowest BCUT2D eigenvalue weighted by Crippen LogP contribution is -2.35. The van der Waals surface area contributed by atoms with E-state index < -0.39 is 0 Å². The molecule has 1 fully saturated rings. The zero-order valence-corrected chi connectivity index (χ0v) is 14.9. The third-order valence-electron chi connectivity index (χ3n) is 5.19. The van der Waals surface area contributed by atoms with Crippen molar-refractivity contribution in [3.05, 3.63) is 65.7 Å². The van der Waals surface area contributed by atoms with E-state index in [0.29, 0.717) is 0 Å². The molecule has 1 saturated heterocycles. The fraction of sp³-hybridized carbons (Fsp3) is 0.455. The Hall–Kier alpha value is -1.80. The van der Waals surface area contributed by atoms with Crippen LogP contribution in [0.25, 0.3) is 0 Å². The van der Waals surface area contributed by atoms with Crippen LogP contribution in [0.15, 0.2) is 54.6 Å². The Labute approximate surface area is 146 Å². The van der Waals surface area contributed by atoms with Gasteiger partial charge >= 0.3 is 0 Å². The average molecular weight is 322 g/mol. The van der Waals surface area contributed by atoms with Crippen LogP contribution in [0.4, 0.5) is 5.69 Å². The quantitative estimate of drug-likeness (QED) is 0.740. The molecule has 0 bridgehead atoms. The largest absolute Gasteiger partial charge is 0.385 e. The predicted octanol–water partition coefficient (Wildman–Crippen LogP) is 4.75. The van der Waals surface area contributed by atoms with E-state index >= 15 is 0 Å². The molecule has 0 saturated carbocycles. The third kappa shape index (κ3) is 5.10. The zero-order chi connectivity index (χ0) is 16.6. The van der Waals surface area contributed by atoms with Crippen molar-refractivity contribution in [3.63, 3.8) is 0 Å². The van der Waals surface area contributed by atoms with Gasteiger partial charge in [0.1, 0.15) is 0 Å². The first kappa shape index (κ1) is 17.0. The second kappa shape index (κ2) is 8.89. The van der Waals surface area contributed by atoms with Gasteiger partial charge in [-0.2, -0.15) is 0 Å². The summed E-state index contributed by atoms with van der Waals surface area (Å²) in [7, 11) is 0. The Bertz CT molecular complexity index is 600. The van der Waals surface area contributed by atoms with Crippen LogP contribution in [-0.4, -0.2) is 31.1 Å². The summed E-state index contributed by atoms with van der Waals surface area (Å²) in [6.45, 7) is 6.98. The molecule has 1 aliphatic heterocycles. The molecule has 0 atom stereocenters. The standard InChI is InChI=1S/C22H30N2/c1-19-8-5-6-11-22(19)23-14-7-15-24-16-12-21(13-17-24)18-20-9-3-2-4-10-20/h2-6,8-11,21,23H,7,12-18H2,1H3. The lowest BCUT2D eigenvalue weighted by Gasteiger charge is -2.32. The highest BCUT2D eigenvalue weighted by Gasteiger charge is 2.18. The summed E-state index contributed by atoms with van der Waals surface area (Å²) in [6.07, 6.45) is 5.17. The van der Waals surface area contributed by atoms with E-state index in [-0.39, 0.29) is 0 Å². The van der Waals surface area contributed by atoms with Crippen molar-refractivity contribution >= 4 is 5.69 Å². The molecule has 1 N–H and O–H groups in total. The molecule has 2 heteroatoms. The van der Waals surface area contributed by atoms with Crippen LogP contribution in [0.1, 0.15) is 30.4 Å². The van der Waals surface area contributed by atoms with E-state index in [1.54, 1.807) is 0 Å². The number of hydrogen-bond donors (Lipinski definition) is 1. The second-order valence-electron chi connectivity index (χ2n) is 7.07. The Morgan fingerprint density at radius 2 is 1.67 bits per heavy atom. The second-order valence-corrected chi connectivity index (χ2v) is 7.07. The molecule has 1 heterocycles. The van der Waals surface area contributed by atoms with Gasteiger partial charge in [-0.25, -0.2) is 0 Å². The average Bonchev–Trinajstić information content (AvgIpc) is 2.62. The topological polar surface area (TPSA) is 15.3 Å². The lowest BCUT2D eigenvalue weighted by molar-refractivity contribution is 0.183. The molecule has 0 aromatic heterocycles. The van der Waals surface area contributed by atoms with Crippen molar-refractivity contribution in [1.82, 2.24) is 4.90 Å². The molecule has 24 heavy (non-hydrogen) atoms. The van der Waals surface area contributed by atoms with Crippen LogP contribution in [-0.2, 0) is 6.42 Å². The molecule has 0 spiro atoms. The van der Waals surface area contributed by atoms with Crippen LogP contribution in [0.3, 0.4) is 0 Å². The monoisotopic (exact) mass is 322 g/mol. The fourth-order valence-corrected chi connectivity index (χ4v) is 3.66. The predicted molar refractivity (Wildman–Crippen MR) is 104 cm³/mol. The smallest absolute Gasteiger partial charge is 0.0369 e. The van der Waals surface area contributed by atoms with Gasteiger partial charge in [-0.05, 0) is 75.4 Å². The van der Waals surface area contributed by atoms with Crippen LogP contribution in [0, 0.1) is 12.8 Å². The highest BCUT2D eigenvalue weighted by molar-refractivity contribution is 5.50. The van der Waals surface area contributed by atoms with E-state index in [4.69, 9.17) is 0 Å². The molecular formula is C22H30N2. The number of benzene rings is 2. The number of anilines is 1. The van der Waals surface area contributed by atoms with Gasteiger partial charge in [-0.1, -0.05) is 48.5 Å². The van der Waals surface area contributed by atoms with Crippen molar-refractivity contribution in [3.8, 4) is 0 Å². The number of hydrogen-bond acceptors (Lipinski definition) is 2. The first-order valence-corrected chi connectivity index (χ1v) is 9.37. The molecule has 0 unspecified atom stereocenters. The number of nitrogens with zero attached hydrogens (tertiary/aromatic N) is 1. The van der Waals surface area contributed by atoms with Crippen molar-refractivity contribution in [2.75, 3.05) is 31.5 Å². The van der Waals surface area contributed by atoms with Crippen LogP contribution in [0.2, 0.25) is 0 Å². The van der Waals surface area contributed by atoms with Gasteiger partial charge in [0, 0.05) is 12.2 Å². The fourth-order valence-electron chi connectivity index (χ4n) is 3.66. The van der Waals surface area contributed by atoms with Gasteiger partial charge < -0.3 is 10.2 Å². The number of likely N-dealkylation sites (tertiary alicyclic amines) is 1. The Kier molecular flexibility index (Phi) is 6.31. The summed E-state index contributed by atoms with van der Waals surface area (Å²) in [5, 5.41) is 3.57. The van der Waals surface area contributed by atoms with Gasteiger partial charge in [0.05, 0.1) is 0 Å². The Morgan fingerprint density at radius 3 is 2.42 bits per heavy atom. The van der Waals surface area contributed by atoms with Gasteiger partial charge in [0.15, 0.2) is 0 Å². The summed E-state index contributed by atoms with van der Waals surface area (Å²) in [5.41, 5.74) is 4.11. The minimum Gasteiger partial charge on any atom is -0.385 e. The third-order valence-corrected chi connectivity index (χ3v) is 5.19. The lowest BCUT2D eigenvalue weighted by atomic mass is 9.90. The molecule has 2 nitrogen and oxygen atoms in total. The van der Waals surface area contributed by atoms with Crippen molar-refractivity contribution in [2.45, 2.75) is 32.6 Å². The summed E-state index contributed by atoms with van der Waals surface area (Å²) in [5.74, 6) is 0.869. The minimum atomic E-state index is 0.869. The highest BCUT2D eigenvalue weighted by Crippen LogP contribution is 2.21. The van der Waals surface area contributed by atoms with E-state index in [9.17, 15) is 0 Å². The summed E-state index contributed by atoms with van der Waals surface area (Å²) in [6, 6.07) is 19.5. The maximum atomic E-state index is 3.57. The normalized spacial score (nSPS) is 16.2. The molecule has 128 valence electrons. The van der Waals surface area contributed by atoms with Crippen LogP contribution < -0.4 is 5.32 Å². The number of aryl methyl sites for hydroxylation is 1. The van der Waals surface area contributed by atoms with E-state index in [1.807, 2.05) is 0 Å². The molecule has 2 aromatic carbocycles. The van der Waals surface area contributed by atoms with Crippen LogP contribution >= 0.6 is 0 Å².